The molecule has 0 saturated heterocycles. The zero-order chi connectivity index (χ0) is 36.1. The molecule has 0 unspecified atom stereocenters. The molecule has 8 heteroatoms. The number of hydrogen-bond donors (Lipinski definition) is 4. The van der Waals surface area contributed by atoms with E-state index in [4.69, 9.17) is 4.74 Å². The highest BCUT2D eigenvalue weighted by molar-refractivity contribution is 5.94. The minimum absolute atomic E-state index is 0.0481. The van der Waals surface area contributed by atoms with Crippen molar-refractivity contribution in [2.24, 2.45) is 40.4 Å². The van der Waals surface area contributed by atoms with E-state index >= 15 is 0 Å². The Morgan fingerprint density at radius 3 is 2.04 bits per heavy atom. The number of aliphatic hydroxyl groups is 2. The van der Waals surface area contributed by atoms with Crippen LogP contribution in [0.3, 0.4) is 0 Å². The molecular formula is C42H60N2O6. The molecule has 274 valence electrons. The van der Waals surface area contributed by atoms with E-state index in [9.17, 15) is 24.6 Å². The van der Waals surface area contributed by atoms with Gasteiger partial charge in [0.05, 0.1) is 24.9 Å². The molecule has 5 rings (SSSR count). The largest absolute Gasteiger partial charge is 0.465 e. The van der Waals surface area contributed by atoms with E-state index in [0.717, 1.165) is 62.5 Å². The lowest BCUT2D eigenvalue weighted by molar-refractivity contribution is -0.122. The Morgan fingerprint density at radius 2 is 1.44 bits per heavy atom. The fourth-order valence-electron chi connectivity index (χ4n) is 10.2. The van der Waals surface area contributed by atoms with E-state index in [-0.39, 0.29) is 34.9 Å². The van der Waals surface area contributed by atoms with Crippen LogP contribution in [0.1, 0.15) is 130 Å². The highest BCUT2D eigenvalue weighted by atomic mass is 16.5. The van der Waals surface area contributed by atoms with E-state index in [1.807, 2.05) is 12.1 Å². The number of esters is 1. The summed E-state index contributed by atoms with van der Waals surface area (Å²) in [7, 11) is 1.34. The summed E-state index contributed by atoms with van der Waals surface area (Å²) in [6.07, 6.45) is 10.2. The third kappa shape index (κ3) is 8.45. The van der Waals surface area contributed by atoms with Crippen LogP contribution in [0.4, 0.5) is 0 Å². The Bertz CT molecular complexity index is 1450. The van der Waals surface area contributed by atoms with Crippen molar-refractivity contribution in [3.63, 3.8) is 0 Å². The molecule has 2 aromatic carbocycles. The molecule has 8 nitrogen and oxygen atoms in total. The summed E-state index contributed by atoms with van der Waals surface area (Å²) in [5.74, 6) is 1.75. The highest BCUT2D eigenvalue weighted by Crippen LogP contribution is 2.65. The minimum atomic E-state index is -0.397. The predicted octanol–water partition coefficient (Wildman–Crippen LogP) is 7.21. The summed E-state index contributed by atoms with van der Waals surface area (Å²) < 4.78 is 4.72. The lowest BCUT2D eigenvalue weighted by atomic mass is 9.49. The molecule has 0 bridgehead atoms. The number of aliphatic hydroxyl groups excluding tert-OH is 2. The summed E-state index contributed by atoms with van der Waals surface area (Å²) >= 11 is 0. The Kier molecular flexibility index (Phi) is 12.5. The number of fused-ring (bicyclic) bond motifs is 1. The summed E-state index contributed by atoms with van der Waals surface area (Å²) in [6, 6.07) is 14.2. The first-order chi connectivity index (χ1) is 23.9. The highest BCUT2D eigenvalue weighted by Gasteiger charge is 2.58. The molecule has 3 aliphatic carbocycles. The fraction of sp³-hybridized carbons (Fsp3) is 0.643. The molecule has 4 N–H and O–H groups in total. The molecule has 7 atom stereocenters. The summed E-state index contributed by atoms with van der Waals surface area (Å²) in [5, 5.41) is 27.7. The topological polar surface area (TPSA) is 125 Å². The van der Waals surface area contributed by atoms with Crippen molar-refractivity contribution in [2.45, 2.75) is 124 Å². The van der Waals surface area contributed by atoms with Gasteiger partial charge in [-0.1, -0.05) is 52.0 Å². The molecule has 2 amide bonds. The maximum atomic E-state index is 13.0. The first-order valence-electron chi connectivity index (χ1n) is 19.1. The van der Waals surface area contributed by atoms with Crippen molar-refractivity contribution in [3.8, 4) is 0 Å². The van der Waals surface area contributed by atoms with E-state index in [0.29, 0.717) is 60.2 Å². The van der Waals surface area contributed by atoms with Gasteiger partial charge in [-0.15, -0.1) is 0 Å². The van der Waals surface area contributed by atoms with Gasteiger partial charge in [-0.25, -0.2) is 4.79 Å². The van der Waals surface area contributed by atoms with Gasteiger partial charge in [0, 0.05) is 25.1 Å². The third-order valence-electron chi connectivity index (χ3n) is 13.3. The first kappa shape index (κ1) is 38.0. The molecule has 3 fully saturated rings. The van der Waals surface area contributed by atoms with Crippen molar-refractivity contribution in [1.82, 2.24) is 10.6 Å². The van der Waals surface area contributed by atoms with Gasteiger partial charge >= 0.3 is 5.97 Å². The number of hydrogen-bond acceptors (Lipinski definition) is 6. The molecule has 2 aromatic rings. The van der Waals surface area contributed by atoms with E-state index in [1.165, 1.54) is 20.0 Å². The van der Waals surface area contributed by atoms with Gasteiger partial charge in [-0.2, -0.15) is 0 Å². The minimum Gasteiger partial charge on any atom is -0.465 e. The van der Waals surface area contributed by atoms with Crippen molar-refractivity contribution < 1.29 is 29.3 Å². The number of benzene rings is 2. The van der Waals surface area contributed by atoms with Crippen LogP contribution in [0.2, 0.25) is 0 Å². The predicted molar refractivity (Wildman–Crippen MR) is 195 cm³/mol. The van der Waals surface area contributed by atoms with Gasteiger partial charge < -0.3 is 25.6 Å². The Balaban J connectivity index is 1.08. The van der Waals surface area contributed by atoms with Crippen molar-refractivity contribution in [2.75, 3.05) is 7.11 Å². The average Bonchev–Trinajstić information content (AvgIpc) is 3.49. The van der Waals surface area contributed by atoms with Crippen LogP contribution in [0.5, 0.6) is 0 Å². The number of methoxy groups -OCH3 is 1. The maximum absolute atomic E-state index is 13.0. The molecule has 0 heterocycles. The Morgan fingerprint density at radius 1 is 0.840 bits per heavy atom. The van der Waals surface area contributed by atoms with Crippen LogP contribution in [0, 0.1) is 40.4 Å². The molecule has 0 spiro atoms. The number of amides is 2. The van der Waals surface area contributed by atoms with E-state index in [1.54, 1.807) is 36.4 Å². The van der Waals surface area contributed by atoms with Gasteiger partial charge in [-0.3, -0.25) is 9.59 Å². The summed E-state index contributed by atoms with van der Waals surface area (Å²) in [5.41, 5.74) is 3.19. The van der Waals surface area contributed by atoms with Crippen LogP contribution >= 0.6 is 0 Å². The summed E-state index contributed by atoms with van der Waals surface area (Å²) in [6.45, 7) is 10.1. The van der Waals surface area contributed by atoms with Crippen LogP contribution < -0.4 is 10.6 Å². The smallest absolute Gasteiger partial charge is 0.337 e. The van der Waals surface area contributed by atoms with Crippen molar-refractivity contribution in [3.05, 3.63) is 70.8 Å². The molecule has 0 radical (unpaired) electrons. The van der Waals surface area contributed by atoms with E-state index in [2.05, 4.69) is 38.3 Å². The van der Waals surface area contributed by atoms with Crippen LogP contribution in [0.15, 0.2) is 48.5 Å². The SMILES string of the molecule is CC[C@H](O)[C@H]1[C@@H]2CC[C@H]([C@H](C)CCC(=O)NCc3ccc(C(=O)NCc4ccc(C(=O)OC)cc4)cc3)[C@@]2(C)CC[C@@H]1[C@]1(C)CC[C@H](O)CC1. The Hall–Kier alpha value is -3.23. The van der Waals surface area contributed by atoms with E-state index < -0.39 is 5.97 Å². The van der Waals surface area contributed by atoms with Crippen LogP contribution in [0.25, 0.3) is 0 Å². The molecule has 50 heavy (non-hydrogen) atoms. The normalized spacial score (nSPS) is 30.5. The quantitative estimate of drug-likeness (QED) is 0.165. The monoisotopic (exact) mass is 688 g/mol. The molecular weight excluding hydrogens is 628 g/mol. The fourth-order valence-corrected chi connectivity index (χ4v) is 10.2. The van der Waals surface area contributed by atoms with Crippen molar-refractivity contribution in [1.29, 1.82) is 0 Å². The second kappa shape index (κ2) is 16.4. The lowest BCUT2D eigenvalue weighted by Crippen LogP contribution is -2.52. The van der Waals surface area contributed by atoms with Crippen LogP contribution in [-0.4, -0.2) is 47.3 Å². The maximum Gasteiger partial charge on any atom is 0.337 e. The van der Waals surface area contributed by atoms with Crippen LogP contribution in [-0.2, 0) is 22.6 Å². The molecule has 3 aliphatic rings. The second-order valence-electron chi connectivity index (χ2n) is 16.2. The van der Waals surface area contributed by atoms with Crippen molar-refractivity contribution >= 4 is 17.8 Å². The van der Waals surface area contributed by atoms with Gasteiger partial charge in [-0.05, 0) is 140 Å². The molecule has 3 saturated carbocycles. The zero-order valence-electron chi connectivity index (χ0n) is 30.9. The van der Waals surface area contributed by atoms with Gasteiger partial charge in [0.25, 0.3) is 5.91 Å². The number of rotatable bonds is 13. The average molecular weight is 689 g/mol. The van der Waals surface area contributed by atoms with Gasteiger partial charge in [0.2, 0.25) is 5.91 Å². The number of ether oxygens (including phenoxy) is 1. The first-order valence-corrected chi connectivity index (χ1v) is 19.1. The zero-order valence-corrected chi connectivity index (χ0v) is 30.9. The lowest BCUT2D eigenvalue weighted by Gasteiger charge is -2.56. The molecule has 0 aliphatic heterocycles. The summed E-state index contributed by atoms with van der Waals surface area (Å²) in [4.78, 5) is 37.3. The second-order valence-corrected chi connectivity index (χ2v) is 16.2. The van der Waals surface area contributed by atoms with Gasteiger partial charge in [0.15, 0.2) is 0 Å². The number of nitrogens with one attached hydrogen (secondary N) is 2. The molecule has 0 aromatic heterocycles. The Labute approximate surface area is 299 Å². The standard InChI is InChI=1S/C42H60N2O6/c1-6-36(46)38-34(41(3)22-19-32(45)20-23-41)21-24-42(4)33(16-17-35(38)42)27(2)7-18-37(47)43-25-28-8-12-30(13-9-28)39(48)44-26-29-10-14-31(15-11-29)40(49)50-5/h8-15,27,32-36,38,45-46H,6-7,16-26H2,1-5H3,(H,43,47)(H,44,48)/t27-,32-,33-,34+,35+,36+,38-,41+,42-/m1/s1. The number of carbonyl (C=O) groups excluding carboxylic acids is 3. The van der Waals surface area contributed by atoms with Gasteiger partial charge in [0.1, 0.15) is 0 Å². The third-order valence-corrected chi connectivity index (χ3v) is 13.3. The number of carbonyl (C=O) groups is 3.